The molecule has 1 aromatic carbocycles. The van der Waals surface area contributed by atoms with Crippen LogP contribution in [0.3, 0.4) is 0 Å². The molecule has 0 aromatic heterocycles. The summed E-state index contributed by atoms with van der Waals surface area (Å²) in [5.74, 6) is 0.878. The molecule has 3 N–H and O–H groups in total. The van der Waals surface area contributed by atoms with Crippen molar-refractivity contribution in [1.82, 2.24) is 15.5 Å². The molecule has 0 bridgehead atoms. The van der Waals surface area contributed by atoms with Crippen LogP contribution in [0.1, 0.15) is 49.8 Å². The van der Waals surface area contributed by atoms with E-state index in [1.54, 1.807) is 0 Å². The topological polar surface area (TPSA) is 59.9 Å². The molecule has 2 rings (SSSR count). The summed E-state index contributed by atoms with van der Waals surface area (Å²) < 4.78 is 0. The summed E-state index contributed by atoms with van der Waals surface area (Å²) in [6.45, 7) is 5.76. The maximum absolute atomic E-state index is 9.67. The van der Waals surface area contributed by atoms with E-state index >= 15 is 0 Å². The highest BCUT2D eigenvalue weighted by Crippen LogP contribution is 2.20. The van der Waals surface area contributed by atoms with Crippen LogP contribution in [0.25, 0.3) is 0 Å². The molecule has 1 aromatic rings. The van der Waals surface area contributed by atoms with Crippen LogP contribution in [0.15, 0.2) is 29.3 Å². The van der Waals surface area contributed by atoms with E-state index in [9.17, 15) is 5.11 Å². The third-order valence-electron chi connectivity index (χ3n) is 4.89. The summed E-state index contributed by atoms with van der Waals surface area (Å²) in [5.41, 5.74) is 2.57. The molecule has 0 heterocycles. The van der Waals surface area contributed by atoms with Crippen molar-refractivity contribution >= 4 is 5.96 Å². The fourth-order valence-corrected chi connectivity index (χ4v) is 3.27. The summed E-state index contributed by atoms with van der Waals surface area (Å²) >= 11 is 0. The molecule has 0 saturated heterocycles. The number of hydrogen-bond donors (Lipinski definition) is 3. The average Bonchev–Trinajstić information content (AvgIpc) is 2.58. The molecular weight excluding hydrogens is 312 g/mol. The van der Waals surface area contributed by atoms with Gasteiger partial charge in [-0.3, -0.25) is 4.99 Å². The Bertz CT molecular complexity index is 533. The first-order valence-corrected chi connectivity index (χ1v) is 9.45. The average molecular weight is 347 g/mol. The van der Waals surface area contributed by atoms with E-state index in [-0.39, 0.29) is 12.1 Å². The lowest BCUT2D eigenvalue weighted by atomic mass is 9.93. The monoisotopic (exact) mass is 346 g/mol. The van der Waals surface area contributed by atoms with Gasteiger partial charge in [0.25, 0.3) is 0 Å². The first-order valence-electron chi connectivity index (χ1n) is 9.45. The van der Waals surface area contributed by atoms with Crippen LogP contribution in [-0.2, 0) is 0 Å². The zero-order valence-electron chi connectivity index (χ0n) is 16.1. The molecule has 0 aliphatic heterocycles. The van der Waals surface area contributed by atoms with Crippen LogP contribution in [0.2, 0.25) is 0 Å². The molecule has 0 spiro atoms. The zero-order chi connectivity index (χ0) is 18.2. The molecule has 0 radical (unpaired) electrons. The number of rotatable bonds is 6. The van der Waals surface area contributed by atoms with E-state index in [4.69, 9.17) is 4.99 Å². The van der Waals surface area contributed by atoms with Crippen LogP contribution in [0, 0.1) is 6.92 Å². The van der Waals surface area contributed by atoms with Gasteiger partial charge in [-0.25, -0.2) is 0 Å². The minimum Gasteiger partial charge on any atom is -0.393 e. The quantitative estimate of drug-likeness (QED) is 0.547. The Labute approximate surface area is 152 Å². The largest absolute Gasteiger partial charge is 0.393 e. The van der Waals surface area contributed by atoms with Gasteiger partial charge >= 0.3 is 0 Å². The summed E-state index contributed by atoms with van der Waals surface area (Å²) in [6.07, 6.45) is 3.63. The van der Waals surface area contributed by atoms with Crippen molar-refractivity contribution in [2.45, 2.75) is 57.7 Å². The van der Waals surface area contributed by atoms with Gasteiger partial charge in [-0.2, -0.15) is 0 Å². The lowest BCUT2D eigenvalue weighted by Gasteiger charge is -2.28. The van der Waals surface area contributed by atoms with Gasteiger partial charge in [0, 0.05) is 12.6 Å². The summed E-state index contributed by atoms with van der Waals surface area (Å²) in [6, 6.07) is 9.36. The molecule has 5 heteroatoms. The number of hydrogen-bond acceptors (Lipinski definition) is 3. The van der Waals surface area contributed by atoms with E-state index in [0.717, 1.165) is 38.2 Å². The van der Waals surface area contributed by atoms with Crippen molar-refractivity contribution < 1.29 is 5.11 Å². The molecular formula is C20H34N4O. The summed E-state index contributed by atoms with van der Waals surface area (Å²) in [4.78, 5) is 7.05. The number of benzene rings is 1. The molecule has 1 atom stereocenters. The van der Waals surface area contributed by atoms with E-state index in [0.29, 0.717) is 12.6 Å². The Hall–Kier alpha value is -1.59. The predicted octanol–water partition coefficient (Wildman–Crippen LogP) is 2.46. The highest BCUT2D eigenvalue weighted by molar-refractivity contribution is 5.80. The van der Waals surface area contributed by atoms with Crippen molar-refractivity contribution in [1.29, 1.82) is 0 Å². The van der Waals surface area contributed by atoms with E-state index < -0.39 is 0 Å². The van der Waals surface area contributed by atoms with E-state index in [2.05, 4.69) is 67.7 Å². The summed E-state index contributed by atoms with van der Waals surface area (Å²) in [5, 5.41) is 16.6. The van der Waals surface area contributed by atoms with E-state index in [1.165, 1.54) is 11.1 Å². The Balaban J connectivity index is 2.02. The third kappa shape index (κ3) is 6.33. The van der Waals surface area contributed by atoms with Crippen LogP contribution in [0.5, 0.6) is 0 Å². The predicted molar refractivity (Wildman–Crippen MR) is 105 cm³/mol. The number of nitrogens with one attached hydrogen (secondary N) is 2. The second-order valence-corrected chi connectivity index (χ2v) is 7.26. The second kappa shape index (κ2) is 9.78. The van der Waals surface area contributed by atoms with Crippen molar-refractivity contribution in [3.05, 3.63) is 35.4 Å². The fourth-order valence-electron chi connectivity index (χ4n) is 3.27. The Morgan fingerprint density at radius 2 is 1.84 bits per heavy atom. The van der Waals surface area contributed by atoms with Crippen molar-refractivity contribution in [2.75, 3.05) is 27.2 Å². The standard InChI is InChI=1S/C20H34N4O/c1-5-21-20(23-17-10-12-18(25)13-11-17)22-14-19(24(3)4)16-8-6-15(2)7-9-16/h6-9,17-19,25H,5,10-14H2,1-4H3,(H2,21,22,23). The molecule has 140 valence electrons. The molecule has 1 aliphatic carbocycles. The number of guanidine groups is 1. The number of aliphatic hydroxyl groups is 1. The minimum absolute atomic E-state index is 0.128. The first kappa shape index (κ1) is 19.7. The third-order valence-corrected chi connectivity index (χ3v) is 4.89. The molecule has 1 fully saturated rings. The number of aryl methyl sites for hydroxylation is 1. The van der Waals surface area contributed by atoms with Gasteiger partial charge in [-0.1, -0.05) is 29.8 Å². The van der Waals surface area contributed by atoms with Gasteiger partial charge in [0.1, 0.15) is 0 Å². The van der Waals surface area contributed by atoms with Crippen molar-refractivity contribution in [3.63, 3.8) is 0 Å². The highest BCUT2D eigenvalue weighted by Gasteiger charge is 2.20. The van der Waals surface area contributed by atoms with Crippen LogP contribution < -0.4 is 10.6 Å². The lowest BCUT2D eigenvalue weighted by Crippen LogP contribution is -2.45. The second-order valence-electron chi connectivity index (χ2n) is 7.26. The van der Waals surface area contributed by atoms with Crippen LogP contribution in [0.4, 0.5) is 0 Å². The first-order chi connectivity index (χ1) is 12.0. The van der Waals surface area contributed by atoms with Gasteiger partial charge < -0.3 is 20.6 Å². The number of aliphatic imine (C=N–C) groups is 1. The van der Waals surface area contributed by atoms with Crippen LogP contribution in [-0.4, -0.2) is 55.3 Å². The van der Waals surface area contributed by atoms with E-state index in [1.807, 2.05) is 0 Å². The number of nitrogens with zero attached hydrogens (tertiary/aromatic N) is 2. The molecule has 5 nitrogen and oxygen atoms in total. The van der Waals surface area contributed by atoms with Gasteiger partial charge in [-0.05, 0) is 59.2 Å². The summed E-state index contributed by atoms with van der Waals surface area (Å²) in [7, 11) is 4.20. The SMILES string of the molecule is CCNC(=NCC(c1ccc(C)cc1)N(C)C)NC1CCC(O)CC1. The minimum atomic E-state index is -0.128. The lowest BCUT2D eigenvalue weighted by molar-refractivity contribution is 0.120. The van der Waals surface area contributed by atoms with Gasteiger partial charge in [-0.15, -0.1) is 0 Å². The normalized spacial score (nSPS) is 22.7. The molecule has 25 heavy (non-hydrogen) atoms. The Morgan fingerprint density at radius 1 is 1.20 bits per heavy atom. The Kier molecular flexibility index (Phi) is 7.72. The number of likely N-dealkylation sites (N-methyl/N-ethyl adjacent to an activating group) is 1. The fraction of sp³-hybridized carbons (Fsp3) is 0.650. The smallest absolute Gasteiger partial charge is 0.191 e. The maximum Gasteiger partial charge on any atom is 0.191 e. The van der Waals surface area contributed by atoms with Gasteiger partial charge in [0.05, 0.1) is 18.7 Å². The molecule has 1 unspecified atom stereocenters. The number of aliphatic hydroxyl groups excluding tert-OH is 1. The van der Waals surface area contributed by atoms with Gasteiger partial charge in [0.15, 0.2) is 5.96 Å². The zero-order valence-corrected chi connectivity index (χ0v) is 16.1. The van der Waals surface area contributed by atoms with Gasteiger partial charge in [0.2, 0.25) is 0 Å². The van der Waals surface area contributed by atoms with Crippen molar-refractivity contribution in [3.8, 4) is 0 Å². The molecule has 0 amide bonds. The maximum atomic E-state index is 9.67. The van der Waals surface area contributed by atoms with Crippen LogP contribution >= 0.6 is 0 Å². The molecule has 1 saturated carbocycles. The Morgan fingerprint density at radius 3 is 2.40 bits per heavy atom. The molecule has 1 aliphatic rings. The highest BCUT2D eigenvalue weighted by atomic mass is 16.3. The van der Waals surface area contributed by atoms with Crippen molar-refractivity contribution in [2.24, 2.45) is 4.99 Å².